The third kappa shape index (κ3) is 5.62. The molecule has 1 saturated heterocycles. The van der Waals surface area contributed by atoms with Gasteiger partial charge in [0.2, 0.25) is 15.9 Å². The van der Waals surface area contributed by atoms with Crippen LogP contribution in [0.3, 0.4) is 0 Å². The highest BCUT2D eigenvalue weighted by Crippen LogP contribution is 2.35. The number of carbonyl (C=O) groups is 1. The SMILES string of the molecule is C[C@@H]1C[C@H](C)[C@@H](C(=O)NCc2cc(-c3ccc(C(F)(F)F)nc3)ncn2)N1S(=O)(=O)c1ccc(F)cc1. The summed E-state index contributed by atoms with van der Waals surface area (Å²) in [7, 11) is -4.08. The normalized spacial score (nSPS) is 20.6. The van der Waals surface area contributed by atoms with Gasteiger partial charge in [0.05, 0.1) is 22.8 Å². The Bertz CT molecular complexity index is 1380. The number of nitrogens with one attached hydrogen (secondary N) is 1. The van der Waals surface area contributed by atoms with E-state index in [2.05, 4.69) is 20.3 Å². The Morgan fingerprint density at radius 2 is 1.78 bits per heavy atom. The van der Waals surface area contributed by atoms with Gasteiger partial charge in [-0.15, -0.1) is 0 Å². The van der Waals surface area contributed by atoms with E-state index in [1.807, 2.05) is 0 Å². The quantitative estimate of drug-likeness (QED) is 0.480. The van der Waals surface area contributed by atoms with Crippen LogP contribution >= 0.6 is 0 Å². The Labute approximate surface area is 210 Å². The molecular weight excluding hydrogens is 514 g/mol. The molecule has 1 N–H and O–H groups in total. The summed E-state index contributed by atoms with van der Waals surface area (Å²) >= 11 is 0. The summed E-state index contributed by atoms with van der Waals surface area (Å²) in [6.45, 7) is 3.42. The van der Waals surface area contributed by atoms with Gasteiger partial charge in [-0.2, -0.15) is 17.5 Å². The molecule has 8 nitrogen and oxygen atoms in total. The van der Waals surface area contributed by atoms with Crippen LogP contribution in [0.2, 0.25) is 0 Å². The molecule has 1 aromatic carbocycles. The number of rotatable bonds is 6. The Morgan fingerprint density at radius 1 is 1.08 bits per heavy atom. The molecule has 2 aromatic heterocycles. The zero-order chi connectivity index (χ0) is 27.0. The molecule has 196 valence electrons. The standard InChI is InChI=1S/C24H23F4N5O3S/c1-14-9-15(2)33(37(35,36)19-6-4-17(25)5-7-19)22(14)23(34)30-12-18-10-20(32-13-31-18)16-3-8-21(29-11-16)24(26,27)28/h3-8,10-11,13-15,22H,9,12H2,1-2H3,(H,30,34)/t14-,15+,22-/m0/s1. The zero-order valence-electron chi connectivity index (χ0n) is 19.8. The third-order valence-electron chi connectivity index (χ3n) is 6.14. The largest absolute Gasteiger partial charge is 0.433 e. The molecule has 4 rings (SSSR count). The van der Waals surface area contributed by atoms with Gasteiger partial charge in [0.25, 0.3) is 0 Å². The first-order valence-corrected chi connectivity index (χ1v) is 12.7. The van der Waals surface area contributed by atoms with Crippen molar-refractivity contribution in [1.29, 1.82) is 0 Å². The molecule has 0 spiro atoms. The van der Waals surface area contributed by atoms with Gasteiger partial charge in [0.1, 0.15) is 23.9 Å². The van der Waals surface area contributed by atoms with Crippen molar-refractivity contribution in [2.24, 2.45) is 5.92 Å². The number of nitrogens with zero attached hydrogens (tertiary/aromatic N) is 4. The number of amides is 1. The molecule has 13 heteroatoms. The lowest BCUT2D eigenvalue weighted by molar-refractivity contribution is -0.141. The van der Waals surface area contributed by atoms with Crippen LogP contribution in [-0.4, -0.2) is 45.7 Å². The topological polar surface area (TPSA) is 105 Å². The number of hydrogen-bond acceptors (Lipinski definition) is 6. The maximum Gasteiger partial charge on any atom is 0.433 e. The van der Waals surface area contributed by atoms with E-state index in [9.17, 15) is 30.8 Å². The number of benzene rings is 1. The van der Waals surface area contributed by atoms with Crippen LogP contribution in [-0.2, 0) is 27.5 Å². The lowest BCUT2D eigenvalue weighted by Crippen LogP contribution is -2.49. The van der Waals surface area contributed by atoms with Crippen molar-refractivity contribution in [3.63, 3.8) is 0 Å². The Kier molecular flexibility index (Phi) is 7.29. The van der Waals surface area contributed by atoms with Gasteiger partial charge in [-0.25, -0.2) is 22.8 Å². The molecule has 0 unspecified atom stereocenters. The monoisotopic (exact) mass is 537 g/mol. The predicted molar refractivity (Wildman–Crippen MR) is 125 cm³/mol. The maximum absolute atomic E-state index is 13.3. The molecule has 0 radical (unpaired) electrons. The van der Waals surface area contributed by atoms with Crippen LogP contribution < -0.4 is 5.32 Å². The van der Waals surface area contributed by atoms with Crippen LogP contribution in [0.15, 0.2) is 59.9 Å². The van der Waals surface area contributed by atoms with Crippen molar-refractivity contribution in [3.8, 4) is 11.3 Å². The summed E-state index contributed by atoms with van der Waals surface area (Å²) < 4.78 is 79.4. The molecule has 0 bridgehead atoms. The van der Waals surface area contributed by atoms with Crippen molar-refractivity contribution in [2.75, 3.05) is 0 Å². The summed E-state index contributed by atoms with van der Waals surface area (Å²) in [6.07, 6.45) is -1.85. The highest BCUT2D eigenvalue weighted by Gasteiger charge is 2.47. The van der Waals surface area contributed by atoms with Crippen molar-refractivity contribution >= 4 is 15.9 Å². The molecule has 1 fully saturated rings. The van der Waals surface area contributed by atoms with E-state index in [1.54, 1.807) is 13.8 Å². The van der Waals surface area contributed by atoms with E-state index >= 15 is 0 Å². The van der Waals surface area contributed by atoms with Crippen LogP contribution in [0.25, 0.3) is 11.3 Å². The van der Waals surface area contributed by atoms with Crippen molar-refractivity contribution < 1.29 is 30.8 Å². The van der Waals surface area contributed by atoms with E-state index in [0.29, 0.717) is 23.4 Å². The first-order valence-electron chi connectivity index (χ1n) is 11.3. The average Bonchev–Trinajstić information content (AvgIpc) is 3.17. The van der Waals surface area contributed by atoms with Gasteiger partial charge < -0.3 is 5.32 Å². The average molecular weight is 538 g/mol. The molecule has 3 aromatic rings. The summed E-state index contributed by atoms with van der Waals surface area (Å²) in [5.41, 5.74) is -0.0237. The van der Waals surface area contributed by atoms with Gasteiger partial charge in [0, 0.05) is 17.8 Å². The van der Waals surface area contributed by atoms with Gasteiger partial charge in [0.15, 0.2) is 0 Å². The Morgan fingerprint density at radius 3 is 2.41 bits per heavy atom. The number of aromatic nitrogens is 3. The fraction of sp³-hybridized carbons (Fsp3) is 0.333. The van der Waals surface area contributed by atoms with E-state index in [1.165, 1.54) is 18.5 Å². The minimum absolute atomic E-state index is 0.0650. The van der Waals surface area contributed by atoms with E-state index in [0.717, 1.165) is 40.8 Å². The van der Waals surface area contributed by atoms with Crippen LogP contribution in [0.1, 0.15) is 31.7 Å². The number of sulfonamides is 1. The smallest absolute Gasteiger partial charge is 0.349 e. The van der Waals surface area contributed by atoms with Gasteiger partial charge in [-0.05, 0) is 61.7 Å². The summed E-state index contributed by atoms with van der Waals surface area (Å²) in [6, 6.07) is 6.54. The first kappa shape index (κ1) is 26.6. The number of hydrogen-bond donors (Lipinski definition) is 1. The zero-order valence-corrected chi connectivity index (χ0v) is 20.6. The number of pyridine rings is 1. The van der Waals surface area contributed by atoms with Crippen LogP contribution in [0, 0.1) is 11.7 Å². The molecule has 3 atom stereocenters. The molecular formula is C24H23F4N5O3S. The van der Waals surface area contributed by atoms with E-state index in [-0.39, 0.29) is 17.4 Å². The van der Waals surface area contributed by atoms with E-state index < -0.39 is 45.7 Å². The molecule has 0 saturated carbocycles. The highest BCUT2D eigenvalue weighted by atomic mass is 32.2. The fourth-order valence-electron chi connectivity index (χ4n) is 4.43. The highest BCUT2D eigenvalue weighted by molar-refractivity contribution is 7.89. The number of alkyl halides is 3. The molecule has 3 heterocycles. The maximum atomic E-state index is 13.3. The van der Waals surface area contributed by atoms with Crippen LogP contribution in [0.5, 0.6) is 0 Å². The summed E-state index contributed by atoms with van der Waals surface area (Å²) in [5.74, 6) is -1.39. The second-order valence-electron chi connectivity index (χ2n) is 8.84. The molecule has 1 amide bonds. The lowest BCUT2D eigenvalue weighted by Gasteiger charge is -2.28. The van der Waals surface area contributed by atoms with Gasteiger partial charge in [-0.1, -0.05) is 6.92 Å². The van der Waals surface area contributed by atoms with E-state index in [4.69, 9.17) is 0 Å². The second-order valence-corrected chi connectivity index (χ2v) is 10.7. The predicted octanol–water partition coefficient (Wildman–Crippen LogP) is 3.80. The van der Waals surface area contributed by atoms with Crippen molar-refractivity contribution in [3.05, 3.63) is 72.2 Å². The lowest BCUT2D eigenvalue weighted by atomic mass is 10.0. The molecule has 1 aliphatic heterocycles. The number of carbonyl (C=O) groups excluding carboxylic acids is 1. The first-order chi connectivity index (χ1) is 17.4. The summed E-state index contributed by atoms with van der Waals surface area (Å²) in [5, 5.41) is 2.70. The summed E-state index contributed by atoms with van der Waals surface area (Å²) in [4.78, 5) is 24.6. The number of halogens is 4. The molecule has 37 heavy (non-hydrogen) atoms. The molecule has 1 aliphatic rings. The van der Waals surface area contributed by atoms with Crippen molar-refractivity contribution in [2.45, 2.75) is 50.0 Å². The van der Waals surface area contributed by atoms with Gasteiger partial charge in [-0.3, -0.25) is 9.78 Å². The van der Waals surface area contributed by atoms with Crippen LogP contribution in [0.4, 0.5) is 17.6 Å². The second kappa shape index (κ2) is 10.1. The fourth-order valence-corrected chi connectivity index (χ4v) is 6.32. The Balaban J connectivity index is 1.50. The van der Waals surface area contributed by atoms with Gasteiger partial charge >= 0.3 is 6.18 Å². The third-order valence-corrected chi connectivity index (χ3v) is 8.15. The molecule has 0 aliphatic carbocycles. The minimum Gasteiger partial charge on any atom is -0.349 e. The van der Waals surface area contributed by atoms with Crippen molar-refractivity contribution in [1.82, 2.24) is 24.6 Å². The minimum atomic E-state index is -4.56. The Hall–Kier alpha value is -3.45.